The van der Waals surface area contributed by atoms with Crippen LogP contribution in [-0.2, 0) is 27.5 Å². The fraction of sp³-hybridized carbons (Fsp3) is 1.00. The van der Waals surface area contributed by atoms with Crippen molar-refractivity contribution in [3.8, 4) is 0 Å². The van der Waals surface area contributed by atoms with Gasteiger partial charge in [0.15, 0.2) is 0 Å². The van der Waals surface area contributed by atoms with E-state index in [-0.39, 0.29) is 0 Å². The van der Waals surface area contributed by atoms with Crippen molar-refractivity contribution in [3.63, 3.8) is 0 Å². The molecule has 0 aromatic carbocycles. The van der Waals surface area contributed by atoms with Crippen LogP contribution in [0.4, 0.5) is 0 Å². The maximum absolute atomic E-state index is 6.15. The Bertz CT molecular complexity index is 245. The molecule has 0 rings (SSSR count). The predicted molar refractivity (Wildman–Crippen MR) is 107 cm³/mol. The van der Waals surface area contributed by atoms with E-state index in [9.17, 15) is 0 Å². The van der Waals surface area contributed by atoms with Crippen LogP contribution in [0.5, 0.6) is 0 Å². The van der Waals surface area contributed by atoms with Gasteiger partial charge in [-0.15, -0.1) is 0 Å². The van der Waals surface area contributed by atoms with Gasteiger partial charge >= 0.3 is 8.80 Å². The first-order chi connectivity index (χ1) is 12.7. The van der Waals surface area contributed by atoms with Crippen molar-refractivity contribution in [2.24, 2.45) is 0 Å². The summed E-state index contributed by atoms with van der Waals surface area (Å²) in [5, 5.41) is 0. The maximum atomic E-state index is 6.15. The third kappa shape index (κ3) is 15.1. The number of hydrogen-bond donors (Lipinski definition) is 0. The largest absolute Gasteiger partial charge is 0.501 e. The van der Waals surface area contributed by atoms with Gasteiger partial charge in [0.05, 0.1) is 39.6 Å². The summed E-state index contributed by atoms with van der Waals surface area (Å²) in [4.78, 5) is 0. The van der Waals surface area contributed by atoms with Crippen LogP contribution in [0.2, 0.25) is 6.04 Å². The molecule has 0 atom stereocenters. The van der Waals surface area contributed by atoms with E-state index < -0.39 is 8.80 Å². The minimum absolute atomic E-state index is 0.502. The van der Waals surface area contributed by atoms with Crippen LogP contribution in [0.25, 0.3) is 0 Å². The topological polar surface area (TPSA) is 55.4 Å². The Morgan fingerprint density at radius 3 is 1.15 bits per heavy atom. The zero-order valence-electron chi connectivity index (χ0n) is 17.6. The lowest BCUT2D eigenvalue weighted by Crippen LogP contribution is -2.48. The van der Waals surface area contributed by atoms with Crippen LogP contribution in [0.3, 0.4) is 0 Å². The van der Waals surface area contributed by atoms with Crippen molar-refractivity contribution in [2.75, 3.05) is 59.5 Å². The highest BCUT2D eigenvalue weighted by Gasteiger charge is 2.40. The van der Waals surface area contributed by atoms with Gasteiger partial charge in [0, 0.05) is 25.9 Å². The van der Waals surface area contributed by atoms with E-state index in [1.54, 1.807) is 0 Å². The molecule has 0 radical (unpaired) electrons. The second-order valence-electron chi connectivity index (χ2n) is 6.17. The molecule has 0 aliphatic heterocycles. The second kappa shape index (κ2) is 19.7. The zero-order chi connectivity index (χ0) is 19.3. The molecule has 26 heavy (non-hydrogen) atoms. The van der Waals surface area contributed by atoms with E-state index in [1.165, 1.54) is 0 Å². The molecule has 0 aliphatic rings. The van der Waals surface area contributed by atoms with E-state index in [0.717, 1.165) is 58.0 Å². The summed E-state index contributed by atoms with van der Waals surface area (Å²) < 4.78 is 35.1. The minimum Gasteiger partial charge on any atom is -0.379 e. The van der Waals surface area contributed by atoms with Crippen molar-refractivity contribution >= 4 is 8.80 Å². The Kier molecular flexibility index (Phi) is 19.7. The first-order valence-corrected chi connectivity index (χ1v) is 12.3. The third-order valence-electron chi connectivity index (χ3n) is 3.53. The zero-order valence-corrected chi connectivity index (χ0v) is 18.6. The Morgan fingerprint density at radius 2 is 0.846 bits per heavy atom. The molecule has 7 heteroatoms. The fourth-order valence-electron chi connectivity index (χ4n) is 2.24. The van der Waals surface area contributed by atoms with Crippen LogP contribution in [-0.4, -0.2) is 68.3 Å². The van der Waals surface area contributed by atoms with Crippen molar-refractivity contribution < 1.29 is 27.5 Å². The Balaban J connectivity index is 4.52. The molecule has 0 unspecified atom stereocenters. The molecule has 0 N–H and O–H groups in total. The van der Waals surface area contributed by atoms with Gasteiger partial charge in [-0.2, -0.15) is 0 Å². The number of hydrogen-bond acceptors (Lipinski definition) is 6. The van der Waals surface area contributed by atoms with Crippen LogP contribution < -0.4 is 0 Å². The summed E-state index contributed by atoms with van der Waals surface area (Å²) in [5.41, 5.74) is 0. The monoisotopic (exact) mass is 394 g/mol. The van der Waals surface area contributed by atoms with E-state index in [1.807, 2.05) is 0 Å². The predicted octanol–water partition coefficient (Wildman–Crippen LogP) is 4.06. The smallest absolute Gasteiger partial charge is 0.379 e. The van der Waals surface area contributed by atoms with Crippen molar-refractivity contribution in [2.45, 2.75) is 65.8 Å². The molecule has 0 spiro atoms. The Morgan fingerprint density at radius 1 is 0.462 bits per heavy atom. The first kappa shape index (κ1) is 26.0. The van der Waals surface area contributed by atoms with Gasteiger partial charge in [-0.1, -0.05) is 34.1 Å². The molecule has 0 aliphatic carbocycles. The highest BCUT2D eigenvalue weighted by Crippen LogP contribution is 2.19. The Labute approximate surface area is 162 Å². The average Bonchev–Trinajstić information content (AvgIpc) is 2.65. The highest BCUT2D eigenvalue weighted by atomic mass is 28.4. The van der Waals surface area contributed by atoms with Crippen LogP contribution in [0.15, 0.2) is 0 Å². The van der Waals surface area contributed by atoms with Gasteiger partial charge < -0.3 is 27.5 Å². The molecule has 0 saturated carbocycles. The minimum atomic E-state index is -2.74. The summed E-state index contributed by atoms with van der Waals surface area (Å²) in [6.45, 7) is 13.9. The number of ether oxygens (including phenoxy) is 3. The maximum Gasteiger partial charge on any atom is 0.501 e. The molecule has 158 valence electrons. The van der Waals surface area contributed by atoms with Crippen molar-refractivity contribution in [3.05, 3.63) is 0 Å². The van der Waals surface area contributed by atoms with Crippen LogP contribution >= 0.6 is 0 Å². The normalized spacial score (nSPS) is 12.0. The molecule has 0 aromatic rings. The molecule has 0 heterocycles. The summed E-state index contributed by atoms with van der Waals surface area (Å²) in [7, 11) is -2.74. The lowest BCUT2D eigenvalue weighted by Gasteiger charge is -2.30. The summed E-state index contributed by atoms with van der Waals surface area (Å²) in [6, 6.07) is 0.818. The lowest BCUT2D eigenvalue weighted by molar-refractivity contribution is 0.000399. The quantitative estimate of drug-likeness (QED) is 0.216. The van der Waals surface area contributed by atoms with Gasteiger partial charge in [0.1, 0.15) is 0 Å². The van der Waals surface area contributed by atoms with E-state index in [2.05, 4.69) is 27.7 Å². The molecule has 6 nitrogen and oxygen atoms in total. The highest BCUT2D eigenvalue weighted by molar-refractivity contribution is 6.60. The number of rotatable bonds is 21. The van der Waals surface area contributed by atoms with Gasteiger partial charge in [-0.05, 0) is 25.7 Å². The van der Waals surface area contributed by atoms with Crippen molar-refractivity contribution in [1.82, 2.24) is 0 Å². The standard InChI is InChI=1S/C19H42O6Si/c1-5-9-19-26(23-16-13-20-10-6-2,24-17-14-21-11-7-3)25-18-15-22-12-8-4/h5-19H2,1-4H3. The van der Waals surface area contributed by atoms with Crippen molar-refractivity contribution in [1.29, 1.82) is 0 Å². The van der Waals surface area contributed by atoms with Gasteiger partial charge in [-0.3, -0.25) is 0 Å². The third-order valence-corrected chi connectivity index (χ3v) is 6.43. The lowest BCUT2D eigenvalue weighted by atomic mass is 10.4. The van der Waals surface area contributed by atoms with E-state index >= 15 is 0 Å². The summed E-state index contributed by atoms with van der Waals surface area (Å²) in [6.07, 6.45) is 5.13. The van der Waals surface area contributed by atoms with Gasteiger partial charge in [-0.25, -0.2) is 0 Å². The fourth-order valence-corrected chi connectivity index (χ4v) is 4.89. The van der Waals surface area contributed by atoms with E-state index in [0.29, 0.717) is 39.6 Å². The van der Waals surface area contributed by atoms with Gasteiger partial charge in [0.25, 0.3) is 0 Å². The molecule has 0 aromatic heterocycles. The molecule has 0 bridgehead atoms. The van der Waals surface area contributed by atoms with Crippen LogP contribution in [0, 0.1) is 0 Å². The van der Waals surface area contributed by atoms with E-state index in [4.69, 9.17) is 27.5 Å². The average molecular weight is 395 g/mol. The first-order valence-electron chi connectivity index (χ1n) is 10.4. The second-order valence-corrected chi connectivity index (χ2v) is 8.90. The molecular formula is C19H42O6Si. The molecule has 0 saturated heterocycles. The number of unbranched alkanes of at least 4 members (excludes halogenated alkanes) is 1. The van der Waals surface area contributed by atoms with Gasteiger partial charge in [0.2, 0.25) is 0 Å². The summed E-state index contributed by atoms with van der Waals surface area (Å²) in [5.74, 6) is 0. The molecule has 0 amide bonds. The SMILES string of the molecule is CCCC[Si](OCCOCCC)(OCCOCCC)OCCOCCC. The molecular weight excluding hydrogens is 352 g/mol. The molecule has 0 fully saturated rings. The van der Waals surface area contributed by atoms with Crippen LogP contribution in [0.1, 0.15) is 59.8 Å². The Hall–Kier alpha value is -0.0231. The summed E-state index contributed by atoms with van der Waals surface area (Å²) >= 11 is 0.